The maximum Gasteiger partial charge on any atom is 0.272 e. The molecule has 4 heterocycles. The molecule has 2 atom stereocenters. The molecule has 2 aromatic rings. The summed E-state index contributed by atoms with van der Waals surface area (Å²) >= 11 is 0. The first-order chi connectivity index (χ1) is 11.0. The van der Waals surface area contributed by atoms with Crippen LogP contribution in [0.3, 0.4) is 0 Å². The highest BCUT2D eigenvalue weighted by Crippen LogP contribution is 2.41. The maximum absolute atomic E-state index is 12.7. The van der Waals surface area contributed by atoms with Crippen LogP contribution in [0.2, 0.25) is 0 Å². The van der Waals surface area contributed by atoms with Gasteiger partial charge in [-0.3, -0.25) is 9.78 Å². The maximum atomic E-state index is 12.7. The van der Waals surface area contributed by atoms with Crippen molar-refractivity contribution in [2.24, 2.45) is 11.3 Å². The normalized spacial score (nSPS) is 27.4. The lowest BCUT2D eigenvalue weighted by Crippen LogP contribution is -2.35. The Morgan fingerprint density at radius 2 is 2.22 bits per heavy atom. The van der Waals surface area contributed by atoms with Crippen LogP contribution in [0.1, 0.15) is 17.4 Å². The highest BCUT2D eigenvalue weighted by molar-refractivity contribution is 5.92. The van der Waals surface area contributed by atoms with Gasteiger partial charge in [0.15, 0.2) is 0 Å². The van der Waals surface area contributed by atoms with Crippen LogP contribution >= 0.6 is 0 Å². The molecule has 8 heteroatoms. The fourth-order valence-electron chi connectivity index (χ4n) is 3.88. The van der Waals surface area contributed by atoms with Crippen molar-refractivity contribution in [2.75, 3.05) is 33.2 Å². The zero-order chi connectivity index (χ0) is 16.0. The molecule has 0 spiro atoms. The van der Waals surface area contributed by atoms with Crippen molar-refractivity contribution >= 4 is 5.91 Å². The molecule has 0 unspecified atom stereocenters. The van der Waals surface area contributed by atoms with E-state index in [0.717, 1.165) is 31.7 Å². The highest BCUT2D eigenvalue weighted by atomic mass is 16.2. The molecule has 0 radical (unpaired) electrons. The Labute approximate surface area is 133 Å². The Bertz CT molecular complexity index is 714. The van der Waals surface area contributed by atoms with Crippen LogP contribution in [-0.2, 0) is 0 Å². The zero-order valence-corrected chi connectivity index (χ0v) is 13.2. The molecule has 23 heavy (non-hydrogen) atoms. The minimum atomic E-state index is 0.00272. The molecular formula is C15H19N7O. The molecule has 1 amide bonds. The van der Waals surface area contributed by atoms with Gasteiger partial charge in [0.2, 0.25) is 5.82 Å². The highest BCUT2D eigenvalue weighted by Gasteiger charge is 2.49. The van der Waals surface area contributed by atoms with E-state index in [-0.39, 0.29) is 11.3 Å². The predicted octanol–water partition coefficient (Wildman–Crippen LogP) is 0.285. The Kier molecular flexibility index (Phi) is 3.15. The molecule has 2 aromatic heterocycles. The van der Waals surface area contributed by atoms with Crippen molar-refractivity contribution in [1.29, 1.82) is 0 Å². The van der Waals surface area contributed by atoms with Crippen molar-refractivity contribution < 1.29 is 4.79 Å². The molecule has 120 valence electrons. The first-order valence-corrected chi connectivity index (χ1v) is 7.73. The third kappa shape index (κ3) is 2.39. The summed E-state index contributed by atoms with van der Waals surface area (Å²) in [6.45, 7) is 6.00. The summed E-state index contributed by atoms with van der Waals surface area (Å²) in [7, 11) is 2.15. The van der Waals surface area contributed by atoms with Crippen LogP contribution in [0.4, 0.5) is 0 Å². The van der Waals surface area contributed by atoms with E-state index in [0.29, 0.717) is 17.4 Å². The minimum Gasteiger partial charge on any atom is -0.336 e. The van der Waals surface area contributed by atoms with E-state index in [9.17, 15) is 4.79 Å². The van der Waals surface area contributed by atoms with Gasteiger partial charge in [-0.25, -0.2) is 0 Å². The summed E-state index contributed by atoms with van der Waals surface area (Å²) in [6.07, 6.45) is 1.62. The van der Waals surface area contributed by atoms with E-state index >= 15 is 0 Å². The Morgan fingerprint density at radius 1 is 1.35 bits per heavy atom. The number of carbonyl (C=O) groups excluding carboxylic acids is 1. The number of hydrogen-bond donors (Lipinski definition) is 1. The minimum absolute atomic E-state index is 0.00272. The quantitative estimate of drug-likeness (QED) is 0.856. The van der Waals surface area contributed by atoms with E-state index in [1.54, 1.807) is 18.3 Å². The number of nitrogens with zero attached hydrogens (tertiary/aromatic N) is 6. The van der Waals surface area contributed by atoms with Gasteiger partial charge in [-0.05, 0) is 30.3 Å². The van der Waals surface area contributed by atoms with Crippen LogP contribution in [0, 0.1) is 11.3 Å². The van der Waals surface area contributed by atoms with Gasteiger partial charge >= 0.3 is 0 Å². The summed E-state index contributed by atoms with van der Waals surface area (Å²) in [6, 6.07) is 3.54. The van der Waals surface area contributed by atoms with Crippen molar-refractivity contribution in [2.45, 2.75) is 6.92 Å². The second-order valence-electron chi connectivity index (χ2n) is 6.90. The van der Waals surface area contributed by atoms with Gasteiger partial charge in [0, 0.05) is 43.4 Å². The fraction of sp³-hybridized carbons (Fsp3) is 0.533. The van der Waals surface area contributed by atoms with E-state index in [1.807, 2.05) is 4.90 Å². The zero-order valence-electron chi connectivity index (χ0n) is 13.2. The average Bonchev–Trinajstić information content (AvgIpc) is 3.21. The molecule has 8 nitrogen and oxygen atoms in total. The molecule has 0 saturated carbocycles. The molecule has 1 N–H and O–H groups in total. The van der Waals surface area contributed by atoms with Gasteiger partial charge < -0.3 is 9.80 Å². The molecule has 0 aromatic carbocycles. The van der Waals surface area contributed by atoms with Gasteiger partial charge in [0.25, 0.3) is 5.91 Å². The molecule has 4 rings (SSSR count). The molecule has 2 fully saturated rings. The number of fused-ring (bicyclic) bond motifs is 1. The van der Waals surface area contributed by atoms with Crippen LogP contribution in [0.25, 0.3) is 11.4 Å². The number of nitrogens with one attached hydrogen (secondary N) is 1. The number of aromatic amines is 1. The number of H-pyrrole nitrogens is 1. The monoisotopic (exact) mass is 313 g/mol. The first kappa shape index (κ1) is 14.3. The number of pyridine rings is 1. The first-order valence-electron chi connectivity index (χ1n) is 7.73. The van der Waals surface area contributed by atoms with Crippen LogP contribution in [-0.4, -0.2) is 74.5 Å². The lowest BCUT2D eigenvalue weighted by atomic mass is 9.83. The summed E-state index contributed by atoms with van der Waals surface area (Å²) in [4.78, 5) is 21.3. The molecular weight excluding hydrogens is 294 g/mol. The molecule has 2 saturated heterocycles. The van der Waals surface area contributed by atoms with Crippen LogP contribution in [0.5, 0.6) is 0 Å². The third-order valence-corrected chi connectivity index (χ3v) is 5.01. The van der Waals surface area contributed by atoms with Crippen molar-refractivity contribution in [3.63, 3.8) is 0 Å². The number of rotatable bonds is 2. The lowest BCUT2D eigenvalue weighted by Gasteiger charge is -2.23. The van der Waals surface area contributed by atoms with Gasteiger partial charge in [0.05, 0.1) is 0 Å². The Hall–Kier alpha value is -2.35. The standard InChI is InChI=1S/C15H19N7O/c1-15-8-21(2)6-11(15)7-22(9-15)14(23)12-4-3-10(5-16-12)13-17-19-20-18-13/h3-5,11H,6-9H2,1-2H3,(H,17,18,19,20)/t11-,15+/m1/s1. The van der Waals surface area contributed by atoms with E-state index in [1.165, 1.54) is 0 Å². The second kappa shape index (κ2) is 5.09. The number of tetrazole rings is 1. The summed E-state index contributed by atoms with van der Waals surface area (Å²) in [5, 5.41) is 13.7. The van der Waals surface area contributed by atoms with Crippen molar-refractivity contribution in [1.82, 2.24) is 35.4 Å². The van der Waals surface area contributed by atoms with Gasteiger partial charge in [-0.2, -0.15) is 5.21 Å². The predicted molar refractivity (Wildman–Crippen MR) is 82.4 cm³/mol. The van der Waals surface area contributed by atoms with Crippen LogP contribution < -0.4 is 0 Å². The summed E-state index contributed by atoms with van der Waals surface area (Å²) < 4.78 is 0. The molecule has 0 aliphatic carbocycles. The van der Waals surface area contributed by atoms with E-state index in [2.05, 4.69) is 44.5 Å². The van der Waals surface area contributed by atoms with E-state index in [4.69, 9.17) is 0 Å². The summed E-state index contributed by atoms with van der Waals surface area (Å²) in [5.74, 6) is 1.03. The SMILES string of the molecule is CN1C[C@@H]2CN(C(=O)c3ccc(-c4nn[nH]n4)cn3)C[C@]2(C)C1. The number of likely N-dealkylation sites (tertiary alicyclic amines) is 2. The molecule has 2 aliphatic rings. The van der Waals surface area contributed by atoms with Gasteiger partial charge in [-0.1, -0.05) is 6.92 Å². The van der Waals surface area contributed by atoms with Gasteiger partial charge in [-0.15, -0.1) is 10.2 Å². The van der Waals surface area contributed by atoms with Gasteiger partial charge in [0.1, 0.15) is 5.69 Å². The number of carbonyl (C=O) groups is 1. The Balaban J connectivity index is 1.50. The number of hydrogen-bond acceptors (Lipinski definition) is 6. The lowest BCUT2D eigenvalue weighted by molar-refractivity contribution is 0.0759. The van der Waals surface area contributed by atoms with Crippen molar-refractivity contribution in [3.8, 4) is 11.4 Å². The Morgan fingerprint density at radius 3 is 2.87 bits per heavy atom. The average molecular weight is 313 g/mol. The molecule has 0 bridgehead atoms. The second-order valence-corrected chi connectivity index (χ2v) is 6.90. The summed E-state index contributed by atoms with van der Waals surface area (Å²) in [5.41, 5.74) is 1.41. The van der Waals surface area contributed by atoms with E-state index < -0.39 is 0 Å². The number of amides is 1. The number of aromatic nitrogens is 5. The molecule has 2 aliphatic heterocycles. The third-order valence-electron chi connectivity index (χ3n) is 5.01. The largest absolute Gasteiger partial charge is 0.336 e. The van der Waals surface area contributed by atoms with Crippen molar-refractivity contribution in [3.05, 3.63) is 24.0 Å². The fourth-order valence-corrected chi connectivity index (χ4v) is 3.88. The van der Waals surface area contributed by atoms with Crippen LogP contribution in [0.15, 0.2) is 18.3 Å². The topological polar surface area (TPSA) is 90.9 Å². The smallest absolute Gasteiger partial charge is 0.272 e.